The monoisotopic (exact) mass is 411 g/mol. The predicted octanol–water partition coefficient (Wildman–Crippen LogP) is 2.99. The van der Waals surface area contributed by atoms with Gasteiger partial charge in [-0.15, -0.1) is 12.4 Å². The Hall–Kier alpha value is -2.09. The van der Waals surface area contributed by atoms with E-state index in [-0.39, 0.29) is 23.2 Å². The van der Waals surface area contributed by atoms with Gasteiger partial charge in [-0.25, -0.2) is 8.42 Å². The fourth-order valence-electron chi connectivity index (χ4n) is 2.21. The second kappa shape index (κ2) is 8.73. The van der Waals surface area contributed by atoms with Crippen LogP contribution in [0.5, 0.6) is 0 Å². The van der Waals surface area contributed by atoms with E-state index in [1.54, 1.807) is 26.0 Å². The predicted molar refractivity (Wildman–Crippen MR) is 111 cm³/mol. The summed E-state index contributed by atoms with van der Waals surface area (Å²) in [5.74, 6) is -0.297. The second-order valence-electron chi connectivity index (χ2n) is 7.10. The number of hydrogen-bond donors (Lipinski definition) is 3. The maximum atomic E-state index is 12.5. The number of nitrogens with two attached hydrogens (primary N) is 1. The van der Waals surface area contributed by atoms with Gasteiger partial charge in [0.15, 0.2) is 0 Å². The number of aryl methyl sites for hydroxylation is 2. The van der Waals surface area contributed by atoms with Gasteiger partial charge < -0.3 is 11.1 Å². The number of nitrogens with one attached hydrogen (secondary N) is 2. The van der Waals surface area contributed by atoms with Crippen LogP contribution in [0.4, 0.5) is 5.69 Å². The molecule has 27 heavy (non-hydrogen) atoms. The summed E-state index contributed by atoms with van der Waals surface area (Å²) in [4.78, 5) is 12.2. The van der Waals surface area contributed by atoms with Crippen LogP contribution in [-0.2, 0) is 10.0 Å². The Morgan fingerprint density at radius 1 is 1.04 bits per heavy atom. The SMILES string of the molecule is Cc1ccc(NS(=O)(=O)c2ccc(C(=O)NCC(C)(C)N)cc2)cc1C.Cl. The number of carbonyl (C=O) groups is 1. The second-order valence-corrected chi connectivity index (χ2v) is 8.78. The van der Waals surface area contributed by atoms with Crippen LogP contribution in [0, 0.1) is 13.8 Å². The zero-order valence-electron chi connectivity index (χ0n) is 15.9. The maximum absolute atomic E-state index is 12.5. The van der Waals surface area contributed by atoms with Crippen LogP contribution in [0.15, 0.2) is 47.4 Å². The average Bonchev–Trinajstić information content (AvgIpc) is 2.55. The van der Waals surface area contributed by atoms with Crippen molar-refractivity contribution in [1.82, 2.24) is 5.32 Å². The molecule has 0 aliphatic heterocycles. The summed E-state index contributed by atoms with van der Waals surface area (Å²) in [6.07, 6.45) is 0. The third kappa shape index (κ3) is 6.53. The first kappa shape index (κ1) is 23.0. The molecule has 148 valence electrons. The molecule has 0 fully saturated rings. The molecule has 0 aliphatic rings. The minimum absolute atomic E-state index is 0. The highest BCUT2D eigenvalue weighted by molar-refractivity contribution is 7.92. The topological polar surface area (TPSA) is 101 Å². The molecule has 0 saturated carbocycles. The highest BCUT2D eigenvalue weighted by Gasteiger charge is 2.17. The summed E-state index contributed by atoms with van der Waals surface area (Å²) in [6, 6.07) is 11.1. The Balaban J connectivity index is 0.00000364. The summed E-state index contributed by atoms with van der Waals surface area (Å²) in [5, 5.41) is 2.72. The van der Waals surface area contributed by atoms with Crippen molar-refractivity contribution in [3.63, 3.8) is 0 Å². The van der Waals surface area contributed by atoms with Gasteiger partial charge >= 0.3 is 0 Å². The smallest absolute Gasteiger partial charge is 0.261 e. The van der Waals surface area contributed by atoms with E-state index in [1.165, 1.54) is 24.3 Å². The zero-order chi connectivity index (χ0) is 19.5. The first-order valence-electron chi connectivity index (χ1n) is 8.25. The van der Waals surface area contributed by atoms with E-state index < -0.39 is 15.6 Å². The van der Waals surface area contributed by atoms with Crippen LogP contribution in [-0.4, -0.2) is 26.4 Å². The lowest BCUT2D eigenvalue weighted by atomic mass is 10.1. The Morgan fingerprint density at radius 3 is 2.15 bits per heavy atom. The summed E-state index contributed by atoms with van der Waals surface area (Å²) in [5.41, 5.74) is 8.28. The summed E-state index contributed by atoms with van der Waals surface area (Å²) in [6.45, 7) is 7.81. The van der Waals surface area contributed by atoms with Gasteiger partial charge in [-0.05, 0) is 75.2 Å². The van der Waals surface area contributed by atoms with Gasteiger partial charge in [0.25, 0.3) is 15.9 Å². The van der Waals surface area contributed by atoms with Crippen LogP contribution in [0.1, 0.15) is 35.3 Å². The van der Waals surface area contributed by atoms with Crippen LogP contribution < -0.4 is 15.8 Å². The molecule has 2 aromatic carbocycles. The van der Waals surface area contributed by atoms with E-state index in [0.29, 0.717) is 17.8 Å². The lowest BCUT2D eigenvalue weighted by molar-refractivity contribution is 0.0946. The molecular formula is C19H26ClN3O3S. The Labute approximate surface area is 167 Å². The molecule has 6 nitrogen and oxygen atoms in total. The van der Waals surface area contributed by atoms with Gasteiger partial charge in [-0.3, -0.25) is 9.52 Å². The van der Waals surface area contributed by atoms with Crippen molar-refractivity contribution in [3.8, 4) is 0 Å². The number of halogens is 1. The van der Waals surface area contributed by atoms with Crippen molar-refractivity contribution in [2.45, 2.75) is 38.1 Å². The number of amides is 1. The molecule has 0 aromatic heterocycles. The summed E-state index contributed by atoms with van der Waals surface area (Å²) < 4.78 is 27.6. The van der Waals surface area contributed by atoms with Gasteiger partial charge in [0, 0.05) is 23.3 Å². The highest BCUT2D eigenvalue weighted by Crippen LogP contribution is 2.19. The van der Waals surface area contributed by atoms with E-state index in [0.717, 1.165) is 11.1 Å². The summed E-state index contributed by atoms with van der Waals surface area (Å²) >= 11 is 0. The third-order valence-corrected chi connectivity index (χ3v) is 5.29. The fraction of sp³-hybridized carbons (Fsp3) is 0.316. The van der Waals surface area contributed by atoms with Crippen LogP contribution in [0.25, 0.3) is 0 Å². The molecular weight excluding hydrogens is 386 g/mol. The highest BCUT2D eigenvalue weighted by atomic mass is 35.5. The van der Waals surface area contributed by atoms with Gasteiger partial charge in [-0.2, -0.15) is 0 Å². The lowest BCUT2D eigenvalue weighted by Gasteiger charge is -2.18. The van der Waals surface area contributed by atoms with Gasteiger partial charge in [-0.1, -0.05) is 6.07 Å². The average molecular weight is 412 g/mol. The van der Waals surface area contributed by atoms with E-state index in [9.17, 15) is 13.2 Å². The fourth-order valence-corrected chi connectivity index (χ4v) is 3.26. The standard InChI is InChI=1S/C19H25N3O3S.ClH/c1-13-5-8-16(11-14(13)2)22-26(24,25)17-9-6-15(7-10-17)18(23)21-12-19(3,4)20;/h5-11,22H,12,20H2,1-4H3,(H,21,23);1H. The molecule has 2 aromatic rings. The number of rotatable bonds is 6. The molecule has 0 radical (unpaired) electrons. The minimum Gasteiger partial charge on any atom is -0.350 e. The molecule has 0 spiro atoms. The lowest BCUT2D eigenvalue weighted by Crippen LogP contribution is -2.45. The number of carbonyl (C=O) groups excluding carboxylic acids is 1. The molecule has 0 heterocycles. The summed E-state index contributed by atoms with van der Waals surface area (Å²) in [7, 11) is -3.72. The number of benzene rings is 2. The van der Waals surface area contributed by atoms with Gasteiger partial charge in [0.1, 0.15) is 0 Å². The Morgan fingerprint density at radius 2 is 1.63 bits per heavy atom. The molecule has 4 N–H and O–H groups in total. The Bertz CT molecular complexity index is 905. The van der Waals surface area contributed by atoms with Crippen LogP contribution in [0.2, 0.25) is 0 Å². The van der Waals surface area contributed by atoms with Gasteiger partial charge in [0.05, 0.1) is 4.90 Å². The number of anilines is 1. The largest absolute Gasteiger partial charge is 0.350 e. The first-order chi connectivity index (χ1) is 12.0. The minimum atomic E-state index is -3.72. The third-order valence-electron chi connectivity index (χ3n) is 3.89. The van der Waals surface area contributed by atoms with Gasteiger partial charge in [0.2, 0.25) is 0 Å². The van der Waals surface area contributed by atoms with Crippen molar-refractivity contribution in [2.75, 3.05) is 11.3 Å². The molecule has 0 saturated heterocycles. The van der Waals surface area contributed by atoms with Crippen LogP contribution >= 0.6 is 12.4 Å². The molecule has 0 atom stereocenters. The van der Waals surface area contributed by atoms with E-state index in [4.69, 9.17) is 5.73 Å². The molecule has 1 amide bonds. The molecule has 2 rings (SSSR count). The van der Waals surface area contributed by atoms with Crippen molar-refractivity contribution in [2.24, 2.45) is 5.73 Å². The van der Waals surface area contributed by atoms with E-state index in [2.05, 4.69) is 10.0 Å². The first-order valence-corrected chi connectivity index (χ1v) is 9.73. The molecule has 0 unspecified atom stereocenters. The van der Waals surface area contributed by atoms with Crippen molar-refractivity contribution >= 4 is 34.0 Å². The molecule has 8 heteroatoms. The van der Waals surface area contributed by atoms with Crippen molar-refractivity contribution in [3.05, 3.63) is 59.2 Å². The molecule has 0 aliphatic carbocycles. The van der Waals surface area contributed by atoms with Crippen molar-refractivity contribution in [1.29, 1.82) is 0 Å². The normalized spacial score (nSPS) is 11.4. The number of sulfonamides is 1. The van der Waals surface area contributed by atoms with E-state index >= 15 is 0 Å². The maximum Gasteiger partial charge on any atom is 0.261 e. The van der Waals surface area contributed by atoms with Crippen LogP contribution in [0.3, 0.4) is 0 Å². The quantitative estimate of drug-likeness (QED) is 0.680. The Kier molecular flexibility index (Phi) is 7.42. The van der Waals surface area contributed by atoms with E-state index in [1.807, 2.05) is 19.9 Å². The van der Waals surface area contributed by atoms with Crippen molar-refractivity contribution < 1.29 is 13.2 Å². The zero-order valence-corrected chi connectivity index (χ0v) is 17.5. The number of hydrogen-bond acceptors (Lipinski definition) is 4. The molecule has 0 bridgehead atoms.